The van der Waals surface area contributed by atoms with Crippen LogP contribution in [-0.2, 0) is 32.1 Å². The zero-order chi connectivity index (χ0) is 23.5. The third-order valence-corrected chi connectivity index (χ3v) is 5.74. The summed E-state index contributed by atoms with van der Waals surface area (Å²) in [5.74, 6) is -4.43. The second-order valence-electron chi connectivity index (χ2n) is 6.71. The molecule has 0 bridgehead atoms. The van der Waals surface area contributed by atoms with Gasteiger partial charge in [0.1, 0.15) is 0 Å². The van der Waals surface area contributed by atoms with Gasteiger partial charge in [0.25, 0.3) is 5.91 Å². The maximum absolute atomic E-state index is 12.1. The lowest BCUT2D eigenvalue weighted by molar-refractivity contribution is -0.201. The summed E-state index contributed by atoms with van der Waals surface area (Å²) in [5.41, 5.74) is 2.38. The van der Waals surface area contributed by atoms with E-state index in [1.165, 1.54) is 12.1 Å². The molecule has 0 aliphatic carbocycles. The van der Waals surface area contributed by atoms with Crippen LogP contribution in [0, 0.1) is 0 Å². The molecule has 1 heterocycles. The number of benzene rings is 2. The van der Waals surface area contributed by atoms with Gasteiger partial charge in [0.05, 0.1) is 11.3 Å². The van der Waals surface area contributed by atoms with Crippen molar-refractivity contribution in [3.8, 4) is 0 Å². The summed E-state index contributed by atoms with van der Waals surface area (Å²) in [7, 11) is -3.35. The Morgan fingerprint density at radius 1 is 1.00 bits per heavy atom. The lowest BCUT2D eigenvalue weighted by atomic mass is 10.1. The van der Waals surface area contributed by atoms with Gasteiger partial charge < -0.3 is 10.1 Å². The second-order valence-corrected chi connectivity index (χ2v) is 8.45. The van der Waals surface area contributed by atoms with Crippen LogP contribution in [0.1, 0.15) is 16.7 Å². The van der Waals surface area contributed by atoms with Gasteiger partial charge in [-0.05, 0) is 28.8 Å². The van der Waals surface area contributed by atoms with E-state index in [0.717, 1.165) is 11.6 Å². The van der Waals surface area contributed by atoms with Gasteiger partial charge in [0, 0.05) is 18.3 Å². The Morgan fingerprint density at radius 3 is 2.12 bits per heavy atom. The van der Waals surface area contributed by atoms with Crippen molar-refractivity contribution < 1.29 is 41.4 Å². The fourth-order valence-electron chi connectivity index (χ4n) is 2.77. The SMILES string of the molecule is O=C1C=C(c2ccc(CNc3ccc(CC(=O)OC(=O)C(F)(F)F)cc3)cc2)S(O)(O)N1. The Bertz CT molecular complexity index is 1070. The van der Waals surface area contributed by atoms with Gasteiger partial charge in [-0.3, -0.25) is 18.7 Å². The first-order valence-corrected chi connectivity index (χ1v) is 10.5. The number of ether oxygens (including phenoxy) is 1. The Labute approximate surface area is 181 Å². The largest absolute Gasteiger partial charge is 0.491 e. The highest BCUT2D eigenvalue weighted by Gasteiger charge is 2.42. The molecule has 0 radical (unpaired) electrons. The van der Waals surface area contributed by atoms with E-state index in [4.69, 9.17) is 0 Å². The number of rotatable bonds is 6. The molecule has 3 rings (SSSR count). The van der Waals surface area contributed by atoms with Gasteiger partial charge in [-0.2, -0.15) is 13.2 Å². The summed E-state index contributed by atoms with van der Waals surface area (Å²) < 4.78 is 61.9. The Hall–Kier alpha value is -3.35. The highest BCUT2D eigenvalue weighted by atomic mass is 32.3. The van der Waals surface area contributed by atoms with E-state index in [9.17, 15) is 36.7 Å². The third-order valence-electron chi connectivity index (χ3n) is 4.29. The van der Waals surface area contributed by atoms with E-state index in [0.29, 0.717) is 23.4 Å². The van der Waals surface area contributed by atoms with E-state index >= 15 is 0 Å². The van der Waals surface area contributed by atoms with Gasteiger partial charge in [0.15, 0.2) is 0 Å². The van der Waals surface area contributed by atoms with Crippen LogP contribution in [0.3, 0.4) is 0 Å². The zero-order valence-electron chi connectivity index (χ0n) is 16.2. The Morgan fingerprint density at radius 2 is 1.59 bits per heavy atom. The minimum atomic E-state index is -5.23. The number of carbonyl (C=O) groups excluding carboxylic acids is 3. The van der Waals surface area contributed by atoms with Crippen LogP contribution in [0.15, 0.2) is 54.6 Å². The molecule has 1 amide bonds. The average molecular weight is 470 g/mol. The molecule has 0 aromatic heterocycles. The maximum Gasteiger partial charge on any atom is 0.491 e. The highest BCUT2D eigenvalue weighted by Crippen LogP contribution is 2.52. The molecule has 0 fully saturated rings. The molecule has 8 nitrogen and oxygen atoms in total. The molecule has 2 aromatic carbocycles. The maximum atomic E-state index is 12.1. The van der Waals surface area contributed by atoms with Crippen LogP contribution in [0.5, 0.6) is 0 Å². The number of alkyl halides is 3. The molecule has 0 saturated heterocycles. The van der Waals surface area contributed by atoms with Crippen molar-refractivity contribution in [3.63, 3.8) is 0 Å². The van der Waals surface area contributed by atoms with Crippen LogP contribution in [0.2, 0.25) is 0 Å². The van der Waals surface area contributed by atoms with E-state index in [1.54, 1.807) is 36.4 Å². The zero-order valence-corrected chi connectivity index (χ0v) is 17.0. The number of carbonyl (C=O) groups is 3. The minimum Gasteiger partial charge on any atom is -0.386 e. The van der Waals surface area contributed by atoms with Crippen molar-refractivity contribution in [1.82, 2.24) is 4.72 Å². The predicted molar refractivity (Wildman–Crippen MR) is 110 cm³/mol. The molecule has 1 aliphatic heterocycles. The van der Waals surface area contributed by atoms with Crippen molar-refractivity contribution in [2.75, 3.05) is 5.32 Å². The smallest absolute Gasteiger partial charge is 0.386 e. The number of esters is 2. The normalized spacial score (nSPS) is 16.0. The lowest BCUT2D eigenvalue weighted by Crippen LogP contribution is -2.28. The molecule has 1 aliphatic rings. The van der Waals surface area contributed by atoms with E-state index in [1.807, 2.05) is 0 Å². The van der Waals surface area contributed by atoms with Crippen LogP contribution in [0.25, 0.3) is 4.91 Å². The van der Waals surface area contributed by atoms with Gasteiger partial charge in [-0.1, -0.05) is 47.2 Å². The quantitative estimate of drug-likeness (QED) is 0.376. The molecular formula is C20H17F3N2O6S. The predicted octanol–water partition coefficient (Wildman–Crippen LogP) is 3.61. The molecule has 0 atom stereocenters. The fraction of sp³-hybridized carbons (Fsp3) is 0.150. The lowest BCUT2D eigenvalue weighted by Gasteiger charge is -2.29. The fourth-order valence-corrected chi connectivity index (χ4v) is 3.95. The Balaban J connectivity index is 1.53. The topological polar surface area (TPSA) is 125 Å². The summed E-state index contributed by atoms with van der Waals surface area (Å²) in [6.45, 7) is 0.397. The summed E-state index contributed by atoms with van der Waals surface area (Å²) in [5, 5.41) is 3.11. The molecule has 0 unspecified atom stereocenters. The van der Waals surface area contributed by atoms with Gasteiger partial charge >= 0.3 is 18.1 Å². The molecule has 2 aromatic rings. The standard InChI is InChI=1S/C20H17F3N2O6S/c21-20(22,23)19(28)31-18(27)9-12-3-7-15(8-4-12)24-11-13-1-5-14(6-2-13)16-10-17(26)25-32(16,29)30/h1-8,10,24,29-30H,9,11H2,(H,25,26). The van der Waals surface area contributed by atoms with Crippen molar-refractivity contribution in [3.05, 3.63) is 71.3 Å². The first-order valence-electron chi connectivity index (χ1n) is 9.00. The van der Waals surface area contributed by atoms with Crippen molar-refractivity contribution in [1.29, 1.82) is 0 Å². The summed E-state index contributed by atoms with van der Waals surface area (Å²) in [6.07, 6.45) is -4.58. The molecule has 170 valence electrons. The third kappa shape index (κ3) is 5.87. The molecule has 32 heavy (non-hydrogen) atoms. The first kappa shape index (κ1) is 23.3. The number of hydrogen-bond donors (Lipinski definition) is 4. The summed E-state index contributed by atoms with van der Waals surface area (Å²) in [6, 6.07) is 13.0. The van der Waals surface area contributed by atoms with Crippen LogP contribution in [0.4, 0.5) is 18.9 Å². The number of nitrogens with one attached hydrogen (secondary N) is 2. The van der Waals surface area contributed by atoms with Crippen LogP contribution >= 0.6 is 10.8 Å². The number of halogens is 3. The summed E-state index contributed by atoms with van der Waals surface area (Å²) >= 11 is 0. The Kier molecular flexibility index (Phi) is 6.57. The average Bonchev–Trinajstić information content (AvgIpc) is 2.99. The number of amides is 1. The van der Waals surface area contributed by atoms with Gasteiger partial charge in [0.2, 0.25) is 0 Å². The number of anilines is 1. The first-order chi connectivity index (χ1) is 14.9. The van der Waals surface area contributed by atoms with Gasteiger partial charge in [-0.25, -0.2) is 9.52 Å². The molecular weight excluding hydrogens is 453 g/mol. The van der Waals surface area contributed by atoms with E-state index in [2.05, 4.69) is 14.8 Å². The molecule has 12 heteroatoms. The minimum absolute atomic E-state index is 0.119. The van der Waals surface area contributed by atoms with E-state index < -0.39 is 41.2 Å². The van der Waals surface area contributed by atoms with Crippen molar-refractivity contribution >= 4 is 39.2 Å². The van der Waals surface area contributed by atoms with Crippen molar-refractivity contribution in [2.24, 2.45) is 0 Å². The molecule has 0 spiro atoms. The molecule has 0 saturated carbocycles. The molecule has 4 N–H and O–H groups in total. The monoisotopic (exact) mass is 470 g/mol. The van der Waals surface area contributed by atoms with Crippen LogP contribution in [-0.4, -0.2) is 33.1 Å². The highest BCUT2D eigenvalue weighted by molar-refractivity contribution is 8.31. The van der Waals surface area contributed by atoms with Crippen LogP contribution < -0.4 is 10.0 Å². The number of hydrogen-bond acceptors (Lipinski definition) is 7. The van der Waals surface area contributed by atoms with Gasteiger partial charge in [-0.15, -0.1) is 0 Å². The van der Waals surface area contributed by atoms with Crippen molar-refractivity contribution in [2.45, 2.75) is 19.1 Å². The second kappa shape index (κ2) is 9.02. The summed E-state index contributed by atoms with van der Waals surface area (Å²) in [4.78, 5) is 33.6. The van der Waals surface area contributed by atoms with E-state index in [-0.39, 0.29) is 4.91 Å².